The zero-order valence-electron chi connectivity index (χ0n) is 5.09. The van der Waals surface area contributed by atoms with Gasteiger partial charge in [-0.15, -0.1) is 0 Å². The molecule has 0 heterocycles. The first-order valence-corrected chi connectivity index (χ1v) is 2.54. The normalized spacial score (nSPS) is 12.4. The van der Waals surface area contributed by atoms with Crippen molar-refractivity contribution in [1.29, 1.82) is 0 Å². The van der Waals surface area contributed by atoms with Crippen LogP contribution in [-0.4, -0.2) is 68.5 Å². The van der Waals surface area contributed by atoms with Crippen LogP contribution in [0.15, 0.2) is 0 Å². The fraction of sp³-hybridized carbons (Fsp3) is 0.800. The number of rotatable bonds is 2. The third-order valence-corrected chi connectivity index (χ3v) is 1.00. The monoisotopic (exact) mass is 157 g/mol. The van der Waals surface area contributed by atoms with Crippen molar-refractivity contribution >= 4 is 57.4 Å². The van der Waals surface area contributed by atoms with Gasteiger partial charge in [0.15, 0.2) is 0 Å². The van der Waals surface area contributed by atoms with E-state index in [0.29, 0.717) is 0 Å². The van der Waals surface area contributed by atoms with Crippen LogP contribution < -0.4 is 5.73 Å². The Labute approximate surface area is 97.4 Å². The Bertz CT molecular complexity index is 95.0. The van der Waals surface area contributed by atoms with Crippen LogP contribution in [0.1, 0.15) is 13.8 Å². The van der Waals surface area contributed by atoms with Crippen molar-refractivity contribution in [2.24, 2.45) is 11.7 Å². The van der Waals surface area contributed by atoms with E-state index in [1.165, 1.54) is 0 Å². The molecule has 1 unspecified atom stereocenters. The molecule has 3 nitrogen and oxygen atoms in total. The van der Waals surface area contributed by atoms with Gasteiger partial charge in [-0.05, 0) is 5.92 Å². The van der Waals surface area contributed by atoms with Gasteiger partial charge in [0.05, 0.1) is 0 Å². The molecule has 0 aliphatic rings. The zero-order chi connectivity index (χ0) is 6.73. The van der Waals surface area contributed by atoms with Crippen molar-refractivity contribution in [3.8, 4) is 0 Å². The molecule has 0 amide bonds. The minimum absolute atomic E-state index is 0. The molecule has 3 N–H and O–H groups in total. The molecule has 0 aliphatic heterocycles. The topological polar surface area (TPSA) is 63.3 Å². The molecule has 50 valence electrons. The molecule has 0 aliphatic carbocycles. The van der Waals surface area contributed by atoms with Crippen LogP contribution in [0.4, 0.5) is 0 Å². The van der Waals surface area contributed by atoms with E-state index < -0.39 is 12.0 Å². The summed E-state index contributed by atoms with van der Waals surface area (Å²) in [4.78, 5) is 10.0. The molecule has 0 rings (SSSR count). The first-order valence-electron chi connectivity index (χ1n) is 2.54. The summed E-state index contributed by atoms with van der Waals surface area (Å²) in [6.07, 6.45) is 0. The van der Waals surface area contributed by atoms with Gasteiger partial charge in [0.1, 0.15) is 6.04 Å². The van der Waals surface area contributed by atoms with Crippen LogP contribution in [0.3, 0.4) is 0 Å². The maximum atomic E-state index is 10.0. The molecule has 1 atom stereocenters. The summed E-state index contributed by atoms with van der Waals surface area (Å²) in [7, 11) is 0. The molecule has 0 radical (unpaired) electrons. The van der Waals surface area contributed by atoms with Crippen molar-refractivity contribution in [3.63, 3.8) is 0 Å². The van der Waals surface area contributed by atoms with Gasteiger partial charge >= 0.3 is 57.4 Å². The van der Waals surface area contributed by atoms with E-state index in [2.05, 4.69) is 0 Å². The van der Waals surface area contributed by atoms with E-state index in [9.17, 15) is 4.79 Å². The number of carboxylic acid groups (broad SMARTS) is 1. The van der Waals surface area contributed by atoms with E-state index in [0.717, 1.165) is 0 Å². The summed E-state index contributed by atoms with van der Waals surface area (Å²) < 4.78 is 0. The van der Waals surface area contributed by atoms with Crippen LogP contribution in [0, 0.1) is 5.92 Å². The third-order valence-electron chi connectivity index (χ3n) is 1.00. The first kappa shape index (κ1) is 12.7. The second kappa shape index (κ2) is 5.82. The van der Waals surface area contributed by atoms with E-state index in [4.69, 9.17) is 10.8 Å². The molecule has 4 heteroatoms. The summed E-state index contributed by atoms with van der Waals surface area (Å²) in [6, 6.07) is -0.713. The molecule has 0 saturated heterocycles. The Morgan fingerprint density at radius 2 is 1.89 bits per heavy atom. The Hall–Kier alpha value is 1.07. The van der Waals surface area contributed by atoms with Crippen molar-refractivity contribution in [2.45, 2.75) is 19.9 Å². The molecular formula is C5H12KNO2. The van der Waals surface area contributed by atoms with Gasteiger partial charge in [-0.2, -0.15) is 0 Å². The van der Waals surface area contributed by atoms with Gasteiger partial charge in [0.2, 0.25) is 0 Å². The van der Waals surface area contributed by atoms with Crippen LogP contribution in [0.5, 0.6) is 0 Å². The SMILES string of the molecule is CC(C)C(N)C(=O)O.[KH]. The van der Waals surface area contributed by atoms with Crippen molar-refractivity contribution in [3.05, 3.63) is 0 Å². The van der Waals surface area contributed by atoms with Gasteiger partial charge in [0.25, 0.3) is 0 Å². The molecular weight excluding hydrogens is 145 g/mol. The number of hydrogen-bond donors (Lipinski definition) is 2. The summed E-state index contributed by atoms with van der Waals surface area (Å²) in [5, 5.41) is 8.23. The Balaban J connectivity index is 0. The third kappa shape index (κ3) is 5.51. The minimum atomic E-state index is -0.931. The van der Waals surface area contributed by atoms with E-state index in [1.54, 1.807) is 13.8 Å². The molecule has 0 fully saturated rings. The number of hydrogen-bond acceptors (Lipinski definition) is 2. The van der Waals surface area contributed by atoms with Gasteiger partial charge in [-0.3, -0.25) is 4.79 Å². The van der Waals surface area contributed by atoms with Crippen molar-refractivity contribution < 1.29 is 9.90 Å². The molecule has 0 aromatic heterocycles. The van der Waals surface area contributed by atoms with Gasteiger partial charge in [-0.1, -0.05) is 13.8 Å². The summed E-state index contributed by atoms with van der Waals surface area (Å²) in [5.74, 6) is -0.910. The van der Waals surface area contributed by atoms with E-state index in [1.807, 2.05) is 0 Å². The molecule has 9 heavy (non-hydrogen) atoms. The van der Waals surface area contributed by atoms with Gasteiger partial charge in [0, 0.05) is 0 Å². The molecule has 0 saturated carbocycles. The first-order chi connectivity index (χ1) is 3.55. The number of nitrogens with two attached hydrogens (primary N) is 1. The van der Waals surface area contributed by atoms with E-state index in [-0.39, 0.29) is 57.3 Å². The van der Waals surface area contributed by atoms with Crippen LogP contribution in [0.25, 0.3) is 0 Å². The molecule has 0 aromatic rings. The standard InChI is InChI=1S/C5H11NO2.K.H/c1-3(2)4(6)5(7)8;;/h3-4H,6H2,1-2H3,(H,7,8);;. The van der Waals surface area contributed by atoms with Crippen molar-refractivity contribution in [1.82, 2.24) is 0 Å². The summed E-state index contributed by atoms with van der Waals surface area (Å²) in [6.45, 7) is 3.55. The Morgan fingerprint density at radius 1 is 1.56 bits per heavy atom. The Kier molecular flexibility index (Phi) is 8.23. The van der Waals surface area contributed by atoms with Crippen molar-refractivity contribution in [2.75, 3.05) is 0 Å². The second-order valence-corrected chi connectivity index (χ2v) is 2.11. The van der Waals surface area contributed by atoms with Gasteiger partial charge < -0.3 is 10.8 Å². The Morgan fingerprint density at radius 3 is 1.89 bits per heavy atom. The summed E-state index contributed by atoms with van der Waals surface area (Å²) >= 11 is 0. The number of carboxylic acids is 1. The molecule has 0 spiro atoms. The predicted octanol–water partition coefficient (Wildman–Crippen LogP) is -0.594. The van der Waals surface area contributed by atoms with Crippen LogP contribution in [-0.2, 0) is 4.79 Å². The summed E-state index contributed by atoms with van der Waals surface area (Å²) in [5.41, 5.74) is 5.16. The fourth-order valence-corrected chi connectivity index (χ4v) is 0.285. The molecule has 0 bridgehead atoms. The molecule has 0 aromatic carbocycles. The quantitative estimate of drug-likeness (QED) is 0.526. The average molecular weight is 157 g/mol. The predicted molar refractivity (Wildman–Crippen MR) is 37.6 cm³/mol. The van der Waals surface area contributed by atoms with Gasteiger partial charge in [-0.25, -0.2) is 0 Å². The van der Waals surface area contributed by atoms with E-state index >= 15 is 0 Å². The second-order valence-electron chi connectivity index (χ2n) is 2.11. The number of aliphatic carboxylic acids is 1. The zero-order valence-corrected chi connectivity index (χ0v) is 5.09. The van der Waals surface area contributed by atoms with Crippen LogP contribution in [0.2, 0.25) is 0 Å². The number of carbonyl (C=O) groups is 1. The maximum absolute atomic E-state index is 10.0. The average Bonchev–Trinajstić information content (AvgIpc) is 1.64. The van der Waals surface area contributed by atoms with Crippen LogP contribution >= 0.6 is 0 Å². The fourth-order valence-electron chi connectivity index (χ4n) is 0.285.